The second kappa shape index (κ2) is 21.3. The van der Waals surface area contributed by atoms with Crippen molar-refractivity contribution in [3.8, 4) is 0 Å². The van der Waals surface area contributed by atoms with E-state index in [9.17, 15) is 19.2 Å². The van der Waals surface area contributed by atoms with Crippen molar-refractivity contribution in [2.75, 3.05) is 20.3 Å². The van der Waals surface area contributed by atoms with Gasteiger partial charge in [-0.05, 0) is 13.0 Å². The summed E-state index contributed by atoms with van der Waals surface area (Å²) in [4.78, 5) is 40.6. The fraction of sp³-hybridized carbons (Fsp3) is 0.714. The van der Waals surface area contributed by atoms with Crippen LogP contribution in [0.3, 0.4) is 0 Å². The average Bonchev–Trinajstić information content (AvgIpc) is 2.47. The van der Waals surface area contributed by atoms with Crippen LogP contribution in [0.15, 0.2) is 0 Å². The van der Waals surface area contributed by atoms with Crippen molar-refractivity contribution < 1.29 is 23.9 Å². The van der Waals surface area contributed by atoms with Gasteiger partial charge in [0.15, 0.2) is 6.73 Å². The SMILES string of the molecule is CC.CC(C)C(C=O)N[C-]=O.CNCC(=O)NCOC(C)=O.[Fm]. The van der Waals surface area contributed by atoms with E-state index in [-0.39, 0.29) is 31.1 Å². The van der Waals surface area contributed by atoms with Crippen molar-refractivity contribution in [1.29, 1.82) is 0 Å². The minimum atomic E-state index is -0.408. The molecule has 1 unspecified atom stereocenters. The number of esters is 1. The van der Waals surface area contributed by atoms with Crippen LogP contribution in [0.1, 0.15) is 34.6 Å². The maximum atomic E-state index is 10.7. The Labute approximate surface area is 132 Å². The van der Waals surface area contributed by atoms with Crippen molar-refractivity contribution in [2.24, 2.45) is 5.92 Å². The molecule has 9 heteroatoms. The molecule has 0 spiro atoms. The van der Waals surface area contributed by atoms with E-state index in [1.54, 1.807) is 7.05 Å². The van der Waals surface area contributed by atoms with E-state index < -0.39 is 5.97 Å². The van der Waals surface area contributed by atoms with E-state index >= 15 is 0 Å². The van der Waals surface area contributed by atoms with Crippen LogP contribution >= 0.6 is 0 Å². The maximum absolute atomic E-state index is 10.7. The number of rotatable bonds is 8. The number of ether oxygens (including phenoxy) is 1. The number of aldehydes is 1. The fourth-order valence-electron chi connectivity index (χ4n) is 0.867. The quantitative estimate of drug-likeness (QED) is 0.121. The Morgan fingerprint density at radius 1 is 1.26 bits per heavy atom. The van der Waals surface area contributed by atoms with Gasteiger partial charge in [-0.15, -0.1) is 0 Å². The summed E-state index contributed by atoms with van der Waals surface area (Å²) in [5.74, 6) is -0.465. The number of likely N-dealkylation sites (N-methyl/N-ethyl adjacent to an activating group) is 1. The molecule has 0 aliphatic heterocycles. The Kier molecular flexibility index (Phi) is 26.2. The number of carbonyl (C=O) groups excluding carboxylic acids is 4. The van der Waals surface area contributed by atoms with Crippen molar-refractivity contribution in [3.63, 3.8) is 0 Å². The van der Waals surface area contributed by atoms with Crippen molar-refractivity contribution in [3.05, 3.63) is 0 Å². The van der Waals surface area contributed by atoms with Gasteiger partial charge >= 0.3 is 5.97 Å². The molecule has 0 aromatic heterocycles. The number of carbonyl (C=O) groups is 3. The molecule has 142 valence electrons. The summed E-state index contributed by atoms with van der Waals surface area (Å²) in [7, 11) is 1.66. The first kappa shape index (κ1) is 28.2. The summed E-state index contributed by atoms with van der Waals surface area (Å²) in [5.41, 5.74) is 0. The predicted octanol–water partition coefficient (Wildman–Crippen LogP) is -0.264. The van der Waals surface area contributed by atoms with Crippen molar-refractivity contribution >= 4 is 24.6 Å². The minimum absolute atomic E-state index is 0. The molecule has 0 heterocycles. The molecule has 0 fully saturated rings. The van der Waals surface area contributed by atoms with Gasteiger partial charge in [0.05, 0.1) is 12.6 Å². The molecule has 0 bridgehead atoms. The van der Waals surface area contributed by atoms with E-state index in [1.165, 1.54) is 13.3 Å². The number of amides is 2. The van der Waals surface area contributed by atoms with Gasteiger partial charge in [-0.25, -0.2) is 0 Å². The molecule has 8 nitrogen and oxygen atoms in total. The summed E-state index contributed by atoms with van der Waals surface area (Å²) in [5, 5.41) is 7.28. The number of hydrogen-bond donors (Lipinski definition) is 3. The van der Waals surface area contributed by atoms with Crippen LogP contribution in [0, 0.1) is 5.92 Å². The van der Waals surface area contributed by atoms with E-state index in [4.69, 9.17) is 0 Å². The summed E-state index contributed by atoms with van der Waals surface area (Å²) in [6.07, 6.45) is 2.17. The molecule has 0 aliphatic carbocycles. The second-order valence-electron chi connectivity index (χ2n) is 4.06. The Bertz CT molecular complexity index is 315. The van der Waals surface area contributed by atoms with Crippen LogP contribution in [0.4, 0.5) is 0 Å². The molecule has 3 N–H and O–H groups in total. The normalized spacial score (nSPS) is 9.52. The molecule has 0 aromatic carbocycles. The van der Waals surface area contributed by atoms with Crippen LogP contribution in [-0.2, 0) is 23.9 Å². The molecule has 2 amide bonds. The molecule has 0 radical (unpaired) electrons. The molecule has 0 saturated carbocycles. The Morgan fingerprint density at radius 3 is 2.04 bits per heavy atom. The third-order valence-electron chi connectivity index (χ3n) is 1.97. The van der Waals surface area contributed by atoms with Gasteiger partial charge < -0.3 is 30.3 Å². The molecule has 23 heavy (non-hydrogen) atoms. The Balaban J connectivity index is -0.000000138. The van der Waals surface area contributed by atoms with Gasteiger partial charge in [0, 0.05) is 6.92 Å². The smallest absolute Gasteiger partial charge is 0.304 e. The van der Waals surface area contributed by atoms with Crippen LogP contribution in [0.2, 0.25) is 0 Å². The fourth-order valence-corrected chi connectivity index (χ4v) is 0.867. The molecule has 1 atom stereocenters. The maximum Gasteiger partial charge on any atom is 0.304 e. The average molecular weight is 575 g/mol. The van der Waals surface area contributed by atoms with Gasteiger partial charge in [-0.2, -0.15) is 6.41 Å². The number of hydrogen-bond acceptors (Lipinski definition) is 6. The summed E-state index contributed by atoms with van der Waals surface area (Å²) in [6, 6.07) is -0.387. The van der Waals surface area contributed by atoms with Crippen LogP contribution in [0.5, 0.6) is 0 Å². The van der Waals surface area contributed by atoms with Crippen LogP contribution in [0.25, 0.3) is 0 Å². The standard InChI is InChI=1S/C6H12N2O3.C6H10NO2.C2H6.Fm/c1-5(9)11-4-8-6(10)3-7-2;1-5(2)6(3-8)7-4-9;1-2;/h7H,3-4H2,1-2H3,(H,8,10);3,5-6H,1-2H3,(H,7,9);1-2H3;/q;-1;;. The van der Waals surface area contributed by atoms with Crippen LogP contribution < -0.4 is 16.0 Å². The molecule has 0 aromatic rings. The van der Waals surface area contributed by atoms with Gasteiger partial charge in [0.2, 0.25) is 5.91 Å². The van der Waals surface area contributed by atoms with E-state index in [2.05, 4.69) is 20.7 Å². The van der Waals surface area contributed by atoms with Crippen LogP contribution in [-0.4, -0.2) is 50.9 Å². The third kappa shape index (κ3) is 24.4. The first-order chi connectivity index (χ1) is 10.4. The topological polar surface area (TPSA) is 114 Å². The van der Waals surface area contributed by atoms with Gasteiger partial charge in [0.1, 0.15) is 6.29 Å². The Morgan fingerprint density at radius 2 is 1.78 bits per heavy atom. The molecule has 0 saturated heterocycles. The summed E-state index contributed by atoms with van der Waals surface area (Å²) < 4.78 is 4.46. The summed E-state index contributed by atoms with van der Waals surface area (Å²) >= 11 is 0. The van der Waals surface area contributed by atoms with E-state index in [0.717, 1.165) is 0 Å². The molecular weight excluding hydrogens is 547 g/mol. The Hall–Kier alpha value is -2.96. The first-order valence-electron chi connectivity index (χ1n) is 7.01. The second-order valence-corrected chi connectivity index (χ2v) is 4.06. The largest absolute Gasteiger partial charge is 0.522 e. The monoisotopic (exact) mass is 575 g/mol. The zero-order valence-electron chi connectivity index (χ0n) is 14.5. The molecule has 0 rings (SSSR count). The summed E-state index contributed by atoms with van der Waals surface area (Å²) in [6.45, 7) is 9.15. The van der Waals surface area contributed by atoms with E-state index in [0.29, 0.717) is 6.29 Å². The molecule has 0 aliphatic rings. The predicted molar refractivity (Wildman–Crippen MR) is 83.6 cm³/mol. The minimum Gasteiger partial charge on any atom is -0.522 e. The van der Waals surface area contributed by atoms with Gasteiger partial charge in [-0.1, -0.05) is 27.7 Å². The zero-order valence-corrected chi connectivity index (χ0v) is 16.9. The van der Waals surface area contributed by atoms with Gasteiger partial charge in [0.25, 0.3) is 0 Å². The van der Waals surface area contributed by atoms with Crippen molar-refractivity contribution in [1.82, 2.24) is 16.0 Å². The molecular formula is C14H28FmN3O5-. The van der Waals surface area contributed by atoms with Gasteiger partial charge in [-0.3, -0.25) is 9.59 Å². The van der Waals surface area contributed by atoms with E-state index in [1.807, 2.05) is 27.7 Å². The van der Waals surface area contributed by atoms with Crippen molar-refractivity contribution in [2.45, 2.75) is 40.7 Å². The third-order valence-corrected chi connectivity index (χ3v) is 1.97. The first-order valence-corrected chi connectivity index (χ1v) is 7.01. The zero-order chi connectivity index (χ0) is 18.0. The number of nitrogens with one attached hydrogen (secondary N) is 3.